The normalized spacial score (nSPS) is 19.3. The first-order valence-corrected chi connectivity index (χ1v) is 20.1. The van der Waals surface area contributed by atoms with E-state index in [2.05, 4.69) is 9.69 Å². The molecule has 0 atom stereocenters. The van der Waals surface area contributed by atoms with Crippen molar-refractivity contribution in [3.8, 4) is 12.1 Å². The third-order valence-corrected chi connectivity index (χ3v) is 14.6. The van der Waals surface area contributed by atoms with Crippen molar-refractivity contribution < 1.29 is 19.2 Å². The summed E-state index contributed by atoms with van der Waals surface area (Å²) in [6.45, 7) is 14.9. The molecule has 10 nitrogen and oxygen atoms in total. The van der Waals surface area contributed by atoms with Gasteiger partial charge in [-0.3, -0.25) is 28.9 Å². The van der Waals surface area contributed by atoms with E-state index in [0.717, 1.165) is 85.4 Å². The quantitative estimate of drug-likeness (QED) is 0.111. The summed E-state index contributed by atoms with van der Waals surface area (Å²) >= 11 is 3.01. The second kappa shape index (κ2) is 12.0. The molecule has 0 unspecified atom stereocenters. The SMILES string of the molecule is [C-]#[N+]c1cc2c(cc1[N+]#[C-])C(=O)C(=Cc1nc3c(s1)C1=C(c4sc(C=C5C(=O)c6cc(C#N)c(C#N)cc6C5=O)nc4C14CCCCC4)C31CCCCC1)C2=O. The van der Waals surface area contributed by atoms with Gasteiger partial charge in [-0.15, -0.1) is 22.7 Å². The maximum Gasteiger partial charge on any atom is 0.197 e. The number of aromatic nitrogens is 2. The monoisotopic (exact) mass is 766 g/mol. The number of thiazole rings is 2. The van der Waals surface area contributed by atoms with Gasteiger partial charge in [-0.05, 0) is 61.1 Å². The molecule has 2 heterocycles. The zero-order chi connectivity index (χ0) is 38.7. The number of benzene rings is 2. The summed E-state index contributed by atoms with van der Waals surface area (Å²) in [6, 6.07) is 9.26. The molecular formula is C44H26N6O4S2. The van der Waals surface area contributed by atoms with E-state index in [1.54, 1.807) is 12.2 Å². The first kappa shape index (κ1) is 34.1. The fraction of sp³-hybridized carbons (Fsp3) is 0.273. The van der Waals surface area contributed by atoms with Gasteiger partial charge in [0.25, 0.3) is 0 Å². The van der Waals surface area contributed by atoms with E-state index >= 15 is 0 Å². The van der Waals surface area contributed by atoms with Crippen molar-refractivity contribution >= 4 is 80.5 Å². The Bertz CT molecular complexity index is 2590. The molecule has 268 valence electrons. The lowest BCUT2D eigenvalue weighted by Crippen LogP contribution is -2.29. The Hall–Kier alpha value is -6.44. The van der Waals surface area contributed by atoms with Crippen LogP contribution >= 0.6 is 22.7 Å². The van der Waals surface area contributed by atoms with Crippen molar-refractivity contribution in [2.75, 3.05) is 0 Å². The lowest BCUT2D eigenvalue weighted by Gasteiger charge is -2.35. The first-order valence-electron chi connectivity index (χ1n) is 18.5. The number of carbonyl (C=O) groups excluding carboxylic acids is 4. The van der Waals surface area contributed by atoms with Gasteiger partial charge >= 0.3 is 0 Å². The highest BCUT2D eigenvalue weighted by Gasteiger charge is 2.60. The molecule has 12 heteroatoms. The second-order valence-corrected chi connectivity index (χ2v) is 17.3. The van der Waals surface area contributed by atoms with Gasteiger partial charge in [0.1, 0.15) is 22.2 Å². The number of Topliss-reactive ketones (excluding diaryl/α,β-unsaturated/α-hetero) is 4. The van der Waals surface area contributed by atoms with Crippen molar-refractivity contribution in [2.24, 2.45) is 0 Å². The van der Waals surface area contributed by atoms with Crippen molar-refractivity contribution in [2.45, 2.75) is 75.0 Å². The van der Waals surface area contributed by atoms with Crippen molar-refractivity contribution in [1.82, 2.24) is 9.97 Å². The molecule has 4 aromatic rings. The minimum Gasteiger partial charge on any atom is -0.288 e. The lowest BCUT2D eigenvalue weighted by molar-refractivity contribution is 0.0975. The molecule has 56 heavy (non-hydrogen) atoms. The number of hydrogen-bond donors (Lipinski definition) is 0. The number of nitriles is 2. The number of rotatable bonds is 2. The van der Waals surface area contributed by atoms with Crippen LogP contribution in [0.2, 0.25) is 0 Å². The molecule has 0 bridgehead atoms. The topological polar surface area (TPSA) is 150 Å². The van der Waals surface area contributed by atoms with Crippen LogP contribution in [0.5, 0.6) is 0 Å². The van der Waals surface area contributed by atoms with Gasteiger partial charge in [0.05, 0.1) is 56.6 Å². The van der Waals surface area contributed by atoms with E-state index in [4.69, 9.17) is 23.1 Å². The maximum absolute atomic E-state index is 13.6. The summed E-state index contributed by atoms with van der Waals surface area (Å²) in [5.41, 5.74) is 4.39. The molecular weight excluding hydrogens is 741 g/mol. The van der Waals surface area contributed by atoms with Crippen LogP contribution in [0.15, 0.2) is 35.4 Å². The van der Waals surface area contributed by atoms with Crippen molar-refractivity contribution in [1.29, 1.82) is 10.5 Å². The molecule has 6 aliphatic rings. The molecule has 2 spiro atoms. The highest BCUT2D eigenvalue weighted by Crippen LogP contribution is 2.70. The van der Waals surface area contributed by atoms with Crippen LogP contribution in [0.4, 0.5) is 11.4 Å². The maximum atomic E-state index is 13.6. The molecule has 2 saturated carbocycles. The Morgan fingerprint density at radius 3 is 1.29 bits per heavy atom. The Kier molecular flexibility index (Phi) is 7.32. The van der Waals surface area contributed by atoms with Crippen LogP contribution in [0, 0.1) is 35.8 Å². The average Bonchev–Trinajstić information content (AvgIpc) is 4.04. The molecule has 6 aliphatic carbocycles. The summed E-state index contributed by atoms with van der Waals surface area (Å²) in [4.78, 5) is 74.0. The lowest BCUT2D eigenvalue weighted by atomic mass is 9.68. The van der Waals surface area contributed by atoms with Crippen LogP contribution in [0.25, 0.3) is 33.0 Å². The van der Waals surface area contributed by atoms with E-state index in [9.17, 15) is 29.7 Å². The van der Waals surface area contributed by atoms with Gasteiger partial charge in [-0.25, -0.2) is 9.97 Å². The Labute approximate surface area is 328 Å². The molecule has 0 amide bonds. The van der Waals surface area contributed by atoms with E-state index in [0.29, 0.717) is 10.0 Å². The summed E-state index contributed by atoms with van der Waals surface area (Å²) in [6.07, 6.45) is 13.0. The standard InChI is InChI=1S/C44H26N6O4S2/c1-47-29-15-25-26(16-30(29)48-2)38(54)28(37(25)53)18-32-50-42-40(56-32)34-33(44(42)11-7-4-8-12-44)39-41(43(34)9-5-3-6-10-43)49-31(55-39)17-27-35(51)23-13-21(19-45)22(20-46)14-24(23)36(27)52/h13-18H,3-12H2. The third kappa shape index (κ3) is 4.37. The van der Waals surface area contributed by atoms with E-state index in [1.165, 1.54) is 58.1 Å². The number of hydrogen-bond acceptors (Lipinski definition) is 10. The average molecular weight is 767 g/mol. The van der Waals surface area contributed by atoms with E-state index in [-0.39, 0.29) is 66.7 Å². The predicted molar refractivity (Wildman–Crippen MR) is 209 cm³/mol. The van der Waals surface area contributed by atoms with Crippen molar-refractivity contribution in [3.63, 3.8) is 0 Å². The zero-order valence-corrected chi connectivity index (χ0v) is 31.3. The molecule has 2 aromatic heterocycles. The van der Waals surface area contributed by atoms with Crippen LogP contribution in [-0.2, 0) is 10.8 Å². The molecule has 0 aliphatic heterocycles. The summed E-state index contributed by atoms with van der Waals surface area (Å²) in [5, 5.41) is 20.2. The number of fused-ring (bicyclic) bond motifs is 10. The Morgan fingerprint density at radius 2 is 0.946 bits per heavy atom. The smallest absolute Gasteiger partial charge is 0.197 e. The number of nitrogens with zero attached hydrogens (tertiary/aromatic N) is 6. The molecule has 2 aromatic carbocycles. The van der Waals surface area contributed by atoms with Crippen LogP contribution in [0.1, 0.15) is 148 Å². The predicted octanol–water partition coefficient (Wildman–Crippen LogP) is 9.71. The van der Waals surface area contributed by atoms with E-state index in [1.807, 2.05) is 12.1 Å². The Morgan fingerprint density at radius 1 is 0.589 bits per heavy atom. The van der Waals surface area contributed by atoms with Gasteiger partial charge in [-0.1, -0.05) is 50.7 Å². The number of allylic oxidation sites excluding steroid dienone is 4. The zero-order valence-electron chi connectivity index (χ0n) is 29.7. The highest BCUT2D eigenvalue weighted by atomic mass is 32.1. The van der Waals surface area contributed by atoms with Gasteiger partial charge in [0.2, 0.25) is 0 Å². The minimum atomic E-state index is -0.479. The van der Waals surface area contributed by atoms with Crippen LogP contribution < -0.4 is 0 Å². The third-order valence-electron chi connectivity index (χ3n) is 12.5. The van der Waals surface area contributed by atoms with Crippen LogP contribution in [0.3, 0.4) is 0 Å². The molecule has 0 radical (unpaired) electrons. The minimum absolute atomic E-state index is 0.0134. The molecule has 10 rings (SSSR count). The van der Waals surface area contributed by atoms with Crippen molar-refractivity contribution in [3.05, 3.63) is 123 Å². The fourth-order valence-electron chi connectivity index (χ4n) is 10.0. The highest BCUT2D eigenvalue weighted by molar-refractivity contribution is 7.15. The molecule has 2 fully saturated rings. The Balaban J connectivity index is 1.10. The molecule has 0 N–H and O–H groups in total. The summed E-state index contributed by atoms with van der Waals surface area (Å²) in [5.74, 6) is -1.89. The van der Waals surface area contributed by atoms with Gasteiger partial charge < -0.3 is 0 Å². The number of carbonyl (C=O) groups is 4. The largest absolute Gasteiger partial charge is 0.288 e. The summed E-state index contributed by atoms with van der Waals surface area (Å²) < 4.78 is 0. The van der Waals surface area contributed by atoms with Gasteiger partial charge in [-0.2, -0.15) is 10.5 Å². The fourth-order valence-corrected chi connectivity index (χ4v) is 12.6. The first-order chi connectivity index (χ1) is 27.2. The van der Waals surface area contributed by atoms with Gasteiger partial charge in [0.15, 0.2) is 34.5 Å². The number of ketones is 4. The second-order valence-electron chi connectivity index (χ2n) is 15.2. The van der Waals surface area contributed by atoms with E-state index < -0.39 is 23.1 Å². The van der Waals surface area contributed by atoms with Gasteiger partial charge in [0, 0.05) is 33.1 Å². The van der Waals surface area contributed by atoms with Crippen LogP contribution in [-0.4, -0.2) is 33.1 Å². The molecule has 0 saturated heterocycles. The summed E-state index contributed by atoms with van der Waals surface area (Å²) in [7, 11) is 0.